The van der Waals surface area contributed by atoms with Crippen LogP contribution in [0.15, 0.2) is 29.2 Å². The van der Waals surface area contributed by atoms with Crippen molar-refractivity contribution in [2.75, 3.05) is 26.7 Å². The monoisotopic (exact) mass is 422 g/mol. The zero-order chi connectivity index (χ0) is 20.9. The lowest BCUT2D eigenvalue weighted by atomic mass is 9.94. The molecular weight excluding hydrogens is 392 g/mol. The Morgan fingerprint density at radius 1 is 1.07 bits per heavy atom. The van der Waals surface area contributed by atoms with Crippen LogP contribution in [0, 0.1) is 0 Å². The summed E-state index contributed by atoms with van der Waals surface area (Å²) in [5.74, 6) is -0.923. The molecule has 0 unspecified atom stereocenters. The summed E-state index contributed by atoms with van der Waals surface area (Å²) >= 11 is 0. The van der Waals surface area contributed by atoms with E-state index in [4.69, 9.17) is 4.74 Å². The molecule has 0 spiro atoms. The fraction of sp³-hybridized carbons (Fsp3) is 0.619. The molecule has 1 aliphatic heterocycles. The highest BCUT2D eigenvalue weighted by Crippen LogP contribution is 2.23. The largest absolute Gasteiger partial charge is 0.452 e. The number of benzene rings is 1. The molecule has 160 valence electrons. The average molecular weight is 423 g/mol. The Morgan fingerprint density at radius 3 is 2.41 bits per heavy atom. The van der Waals surface area contributed by atoms with Gasteiger partial charge >= 0.3 is 5.97 Å². The maximum atomic E-state index is 12.8. The van der Waals surface area contributed by atoms with Crippen molar-refractivity contribution in [2.45, 2.75) is 62.3 Å². The molecule has 0 atom stereocenters. The summed E-state index contributed by atoms with van der Waals surface area (Å²) in [5, 5.41) is 0. The Hall–Kier alpha value is -1.93. The highest BCUT2D eigenvalue weighted by Gasteiger charge is 2.27. The second-order valence-corrected chi connectivity index (χ2v) is 9.80. The van der Waals surface area contributed by atoms with E-state index >= 15 is 0 Å². The first kappa shape index (κ1) is 21.8. The van der Waals surface area contributed by atoms with Crippen molar-refractivity contribution in [3.8, 4) is 0 Å². The number of rotatable bonds is 6. The van der Waals surface area contributed by atoms with Crippen molar-refractivity contribution >= 4 is 21.9 Å². The van der Waals surface area contributed by atoms with Gasteiger partial charge in [0.25, 0.3) is 5.91 Å². The highest BCUT2D eigenvalue weighted by atomic mass is 32.2. The summed E-state index contributed by atoms with van der Waals surface area (Å²) in [6.07, 6.45) is 8.10. The van der Waals surface area contributed by atoms with Gasteiger partial charge in [-0.25, -0.2) is 13.2 Å². The molecule has 1 saturated heterocycles. The van der Waals surface area contributed by atoms with Crippen LogP contribution in [0.2, 0.25) is 0 Å². The highest BCUT2D eigenvalue weighted by molar-refractivity contribution is 7.89. The molecule has 0 radical (unpaired) electrons. The minimum absolute atomic E-state index is 0.0829. The van der Waals surface area contributed by atoms with Crippen LogP contribution in [0.3, 0.4) is 0 Å². The van der Waals surface area contributed by atoms with Gasteiger partial charge in [0.05, 0.1) is 10.5 Å². The third-order valence-electron chi connectivity index (χ3n) is 5.87. The predicted molar refractivity (Wildman–Crippen MR) is 109 cm³/mol. The Labute approximate surface area is 173 Å². The molecule has 8 heteroatoms. The molecule has 1 heterocycles. The third kappa shape index (κ3) is 5.36. The fourth-order valence-corrected chi connectivity index (χ4v) is 5.59. The van der Waals surface area contributed by atoms with Crippen molar-refractivity contribution in [1.82, 2.24) is 9.21 Å². The summed E-state index contributed by atoms with van der Waals surface area (Å²) in [6, 6.07) is 6.06. The van der Waals surface area contributed by atoms with Gasteiger partial charge in [0.15, 0.2) is 6.61 Å². The van der Waals surface area contributed by atoms with Gasteiger partial charge in [0.2, 0.25) is 10.0 Å². The minimum atomic E-state index is -3.63. The number of likely N-dealkylation sites (N-methyl/N-ethyl adjacent to an activating group) is 1. The smallest absolute Gasteiger partial charge is 0.338 e. The van der Waals surface area contributed by atoms with Crippen molar-refractivity contribution < 1.29 is 22.7 Å². The van der Waals surface area contributed by atoms with E-state index in [0.717, 1.165) is 44.9 Å². The standard InChI is InChI=1S/C21H30N2O5S/c1-22(18-10-4-2-5-11-18)20(24)16-28-21(25)17-9-8-12-19(15-17)29(26,27)23-13-6-3-7-14-23/h8-9,12,15,18H,2-7,10-11,13-14,16H2,1H3. The van der Waals surface area contributed by atoms with Gasteiger partial charge in [-0.3, -0.25) is 4.79 Å². The van der Waals surface area contributed by atoms with Crippen molar-refractivity contribution in [1.29, 1.82) is 0 Å². The molecule has 2 aliphatic rings. The number of hydrogen-bond donors (Lipinski definition) is 0. The number of esters is 1. The first-order valence-electron chi connectivity index (χ1n) is 10.4. The van der Waals surface area contributed by atoms with Crippen LogP contribution in [-0.4, -0.2) is 62.3 Å². The molecule has 2 fully saturated rings. The van der Waals surface area contributed by atoms with Crippen molar-refractivity contribution in [3.63, 3.8) is 0 Å². The van der Waals surface area contributed by atoms with Crippen LogP contribution < -0.4 is 0 Å². The summed E-state index contributed by atoms with van der Waals surface area (Å²) in [7, 11) is -1.88. The molecule has 1 aromatic carbocycles. The number of nitrogens with zero attached hydrogens (tertiary/aromatic N) is 2. The zero-order valence-electron chi connectivity index (χ0n) is 17.0. The number of ether oxygens (including phenoxy) is 1. The molecule has 7 nitrogen and oxygen atoms in total. The number of sulfonamides is 1. The van der Waals surface area contributed by atoms with E-state index in [1.807, 2.05) is 0 Å². The van der Waals surface area contributed by atoms with Gasteiger partial charge in [0.1, 0.15) is 0 Å². The average Bonchev–Trinajstić information content (AvgIpc) is 2.78. The van der Waals surface area contributed by atoms with Gasteiger partial charge in [-0.15, -0.1) is 0 Å². The van der Waals surface area contributed by atoms with Crippen molar-refractivity contribution in [2.24, 2.45) is 0 Å². The quantitative estimate of drug-likeness (QED) is 0.658. The minimum Gasteiger partial charge on any atom is -0.452 e. The molecule has 29 heavy (non-hydrogen) atoms. The zero-order valence-corrected chi connectivity index (χ0v) is 17.8. The normalized spacial score (nSPS) is 18.9. The SMILES string of the molecule is CN(C(=O)COC(=O)c1cccc(S(=O)(=O)N2CCCCC2)c1)C1CCCCC1. The van der Waals surface area contributed by atoms with E-state index in [1.165, 1.54) is 35.0 Å². The molecule has 1 saturated carbocycles. The summed E-state index contributed by atoms with van der Waals surface area (Å²) in [5.41, 5.74) is 0.135. The van der Waals surface area contributed by atoms with Crippen LogP contribution in [-0.2, 0) is 19.6 Å². The van der Waals surface area contributed by atoms with E-state index in [0.29, 0.717) is 13.1 Å². The van der Waals surface area contributed by atoms with Gasteiger partial charge in [-0.05, 0) is 43.9 Å². The van der Waals surface area contributed by atoms with Crippen molar-refractivity contribution in [3.05, 3.63) is 29.8 Å². The van der Waals surface area contributed by atoms with Crippen LogP contribution in [0.4, 0.5) is 0 Å². The fourth-order valence-electron chi connectivity index (χ4n) is 4.02. The second kappa shape index (κ2) is 9.71. The summed E-state index contributed by atoms with van der Waals surface area (Å²) < 4.78 is 32.2. The lowest BCUT2D eigenvalue weighted by Gasteiger charge is -2.31. The maximum absolute atomic E-state index is 12.8. The van der Waals surface area contributed by atoms with Crippen LogP contribution in [0.1, 0.15) is 61.7 Å². The summed E-state index contributed by atoms with van der Waals surface area (Å²) in [4.78, 5) is 26.5. The molecule has 1 aromatic rings. The Bertz CT molecular complexity index is 827. The lowest BCUT2D eigenvalue weighted by Crippen LogP contribution is -2.40. The van der Waals surface area contributed by atoms with Crippen LogP contribution >= 0.6 is 0 Å². The van der Waals surface area contributed by atoms with Gasteiger partial charge in [-0.2, -0.15) is 4.31 Å². The Balaban J connectivity index is 1.61. The molecule has 1 aliphatic carbocycles. The predicted octanol–water partition coefficient (Wildman–Crippen LogP) is 2.81. The molecule has 1 amide bonds. The molecule has 0 aromatic heterocycles. The van der Waals surface area contributed by atoms with E-state index in [2.05, 4.69) is 0 Å². The Morgan fingerprint density at radius 2 is 1.72 bits per heavy atom. The van der Waals surface area contributed by atoms with Crippen LogP contribution in [0.5, 0.6) is 0 Å². The summed E-state index contributed by atoms with van der Waals surface area (Å²) in [6.45, 7) is 0.660. The van der Waals surface area contributed by atoms with Gasteiger partial charge in [-0.1, -0.05) is 31.7 Å². The third-order valence-corrected chi connectivity index (χ3v) is 7.76. The van der Waals surface area contributed by atoms with E-state index in [-0.39, 0.29) is 29.0 Å². The van der Waals surface area contributed by atoms with Gasteiger partial charge < -0.3 is 9.64 Å². The number of carbonyl (C=O) groups excluding carboxylic acids is 2. The molecule has 0 N–H and O–H groups in total. The number of carbonyl (C=O) groups is 2. The van der Waals surface area contributed by atoms with E-state index < -0.39 is 16.0 Å². The van der Waals surface area contributed by atoms with E-state index in [9.17, 15) is 18.0 Å². The Kier molecular flexibility index (Phi) is 7.29. The first-order chi connectivity index (χ1) is 13.9. The van der Waals surface area contributed by atoms with Crippen LogP contribution in [0.25, 0.3) is 0 Å². The number of piperidine rings is 1. The lowest BCUT2D eigenvalue weighted by molar-refractivity contribution is -0.135. The number of hydrogen-bond acceptors (Lipinski definition) is 5. The number of amides is 1. The second-order valence-electron chi connectivity index (χ2n) is 7.87. The molecular formula is C21H30N2O5S. The topological polar surface area (TPSA) is 84.0 Å². The maximum Gasteiger partial charge on any atom is 0.338 e. The van der Waals surface area contributed by atoms with E-state index in [1.54, 1.807) is 11.9 Å². The molecule has 3 rings (SSSR count). The van der Waals surface area contributed by atoms with Gasteiger partial charge in [0, 0.05) is 26.2 Å². The molecule has 0 bridgehead atoms. The first-order valence-corrected chi connectivity index (χ1v) is 11.9.